The Morgan fingerprint density at radius 1 is 0.472 bits per heavy atom. The van der Waals surface area contributed by atoms with E-state index >= 15 is 0 Å². The van der Waals surface area contributed by atoms with Crippen LogP contribution < -0.4 is 20.7 Å². The predicted octanol–water partition coefficient (Wildman–Crippen LogP) is 8.92. The van der Waals surface area contributed by atoms with E-state index in [4.69, 9.17) is 9.97 Å². The second-order valence-electron chi connectivity index (χ2n) is 14.6. The van der Waals surface area contributed by atoms with Crippen LogP contribution in [0.5, 0.6) is 0 Å². The van der Waals surface area contributed by atoms with Gasteiger partial charge in [0.25, 0.3) is 0 Å². The largest absolute Gasteiger partial charge is 0.278 e. The Bertz CT molecular complexity index is 2710. The third kappa shape index (κ3) is 4.72. The minimum Gasteiger partial charge on any atom is -0.278 e. The maximum atomic E-state index is 5.36. The van der Waals surface area contributed by atoms with E-state index in [9.17, 15) is 0 Å². The number of rotatable bonds is 6. The third-order valence-electron chi connectivity index (χ3n) is 11.4. The maximum Gasteiger partial charge on any atom is 0.235 e. The molecule has 0 saturated heterocycles. The standard InChI is InChI=1S/C49H37N3Si/c1-49(2)43-27-14-12-25-39(43)41-33-47-42(32-44(41)49)40-26-13-15-28-46(40)52(47)48-50-30-29-45(51-48)34-17-16-24-38(31-34)53(35-18-6-3-7-19-35,36-20-8-4-9-21-36)37-22-10-5-11-23-37/h3-33H,1-2H3. The zero-order valence-electron chi connectivity index (χ0n) is 29.7. The van der Waals surface area contributed by atoms with E-state index in [1.54, 1.807) is 0 Å². The lowest BCUT2D eigenvalue weighted by Gasteiger charge is -2.34. The van der Waals surface area contributed by atoms with Crippen LogP contribution in [-0.4, -0.2) is 22.6 Å². The fourth-order valence-corrected chi connectivity index (χ4v) is 13.8. The smallest absolute Gasteiger partial charge is 0.235 e. The molecule has 0 spiro atoms. The molecular weight excluding hydrogens is 659 g/mol. The number of aromatic nitrogens is 3. The molecule has 0 atom stereocenters. The van der Waals surface area contributed by atoms with Gasteiger partial charge in [-0.15, -0.1) is 0 Å². The SMILES string of the molecule is CC1(C)c2ccccc2-c2cc3c(cc21)c1ccccc1n3-c1nccc(-c2cccc([Si](c3ccccc3)(c3ccccc3)c3ccccc3)c2)n1. The molecule has 10 rings (SSSR count). The summed E-state index contributed by atoms with van der Waals surface area (Å²) >= 11 is 0. The second-order valence-corrected chi connectivity index (χ2v) is 18.4. The number of benzene rings is 7. The molecular formula is C49H37N3Si. The van der Waals surface area contributed by atoms with Crippen LogP contribution in [0.4, 0.5) is 0 Å². The molecule has 3 nitrogen and oxygen atoms in total. The molecule has 0 amide bonds. The van der Waals surface area contributed by atoms with E-state index in [1.807, 2.05) is 12.3 Å². The number of fused-ring (bicyclic) bond motifs is 6. The zero-order chi connectivity index (χ0) is 35.6. The molecule has 2 aromatic heterocycles. The van der Waals surface area contributed by atoms with Crippen LogP contribution in [0.3, 0.4) is 0 Å². The van der Waals surface area contributed by atoms with E-state index in [2.05, 4.69) is 194 Å². The average molecular weight is 696 g/mol. The molecule has 7 aromatic carbocycles. The van der Waals surface area contributed by atoms with Crippen molar-refractivity contribution >= 4 is 50.6 Å². The van der Waals surface area contributed by atoms with Crippen molar-refractivity contribution in [1.29, 1.82) is 0 Å². The lowest BCUT2D eigenvalue weighted by atomic mass is 9.82. The molecule has 252 valence electrons. The van der Waals surface area contributed by atoms with Gasteiger partial charge < -0.3 is 0 Å². The summed E-state index contributed by atoms with van der Waals surface area (Å²) in [4.78, 5) is 10.3. The Balaban J connectivity index is 1.18. The monoisotopic (exact) mass is 695 g/mol. The van der Waals surface area contributed by atoms with Gasteiger partial charge in [0.1, 0.15) is 0 Å². The second kappa shape index (κ2) is 12.1. The van der Waals surface area contributed by atoms with Gasteiger partial charge in [0.15, 0.2) is 8.07 Å². The normalized spacial score (nSPS) is 13.2. The van der Waals surface area contributed by atoms with Crippen LogP contribution in [0, 0.1) is 0 Å². The molecule has 4 heteroatoms. The van der Waals surface area contributed by atoms with Crippen LogP contribution in [0.1, 0.15) is 25.0 Å². The van der Waals surface area contributed by atoms with E-state index in [0.29, 0.717) is 5.95 Å². The summed E-state index contributed by atoms with van der Waals surface area (Å²) in [6, 6.07) is 66.6. The highest BCUT2D eigenvalue weighted by atomic mass is 28.3. The maximum absolute atomic E-state index is 5.36. The van der Waals surface area contributed by atoms with Crippen molar-refractivity contribution in [2.24, 2.45) is 0 Å². The highest BCUT2D eigenvalue weighted by Gasteiger charge is 2.41. The van der Waals surface area contributed by atoms with Gasteiger partial charge >= 0.3 is 0 Å². The Morgan fingerprint density at radius 2 is 1.08 bits per heavy atom. The number of hydrogen-bond acceptors (Lipinski definition) is 2. The molecule has 1 aliphatic rings. The van der Waals surface area contributed by atoms with Crippen molar-refractivity contribution in [3.8, 4) is 28.3 Å². The number of nitrogens with zero attached hydrogens (tertiary/aromatic N) is 3. The van der Waals surface area contributed by atoms with E-state index in [-0.39, 0.29) is 5.41 Å². The average Bonchev–Trinajstić information content (AvgIpc) is 3.66. The third-order valence-corrected chi connectivity index (χ3v) is 16.2. The predicted molar refractivity (Wildman–Crippen MR) is 223 cm³/mol. The first-order valence-corrected chi connectivity index (χ1v) is 20.3. The summed E-state index contributed by atoms with van der Waals surface area (Å²) in [7, 11) is -2.70. The van der Waals surface area contributed by atoms with Crippen molar-refractivity contribution < 1.29 is 0 Å². The minimum absolute atomic E-state index is 0.0808. The van der Waals surface area contributed by atoms with Crippen LogP contribution in [0.25, 0.3) is 50.1 Å². The first-order chi connectivity index (χ1) is 26.0. The highest BCUT2D eigenvalue weighted by Crippen LogP contribution is 2.50. The van der Waals surface area contributed by atoms with Crippen molar-refractivity contribution in [3.05, 3.63) is 199 Å². The van der Waals surface area contributed by atoms with Crippen molar-refractivity contribution in [3.63, 3.8) is 0 Å². The minimum atomic E-state index is -2.70. The number of para-hydroxylation sites is 1. The van der Waals surface area contributed by atoms with Crippen LogP contribution in [-0.2, 0) is 5.41 Å². The number of hydrogen-bond donors (Lipinski definition) is 0. The fraction of sp³-hybridized carbons (Fsp3) is 0.0612. The molecule has 0 bridgehead atoms. The summed E-state index contributed by atoms with van der Waals surface area (Å²) in [5.41, 5.74) is 9.44. The van der Waals surface area contributed by atoms with Gasteiger partial charge in [0, 0.05) is 27.9 Å². The van der Waals surface area contributed by atoms with Crippen molar-refractivity contribution in [2.75, 3.05) is 0 Å². The first-order valence-electron chi connectivity index (χ1n) is 18.3. The summed E-state index contributed by atoms with van der Waals surface area (Å²) in [6.45, 7) is 4.68. The molecule has 0 fully saturated rings. The van der Waals surface area contributed by atoms with Crippen molar-refractivity contribution in [1.82, 2.24) is 14.5 Å². The lowest BCUT2D eigenvalue weighted by Crippen LogP contribution is -2.74. The van der Waals surface area contributed by atoms with Gasteiger partial charge in [-0.25, -0.2) is 9.97 Å². The first kappa shape index (κ1) is 31.4. The summed E-state index contributed by atoms with van der Waals surface area (Å²) in [6.07, 6.45) is 1.91. The Labute approximate surface area is 310 Å². The Kier molecular flexibility index (Phi) is 7.17. The topological polar surface area (TPSA) is 30.7 Å². The van der Waals surface area contributed by atoms with Crippen LogP contribution >= 0.6 is 0 Å². The van der Waals surface area contributed by atoms with Crippen LogP contribution in [0.15, 0.2) is 188 Å². The molecule has 1 aliphatic carbocycles. The lowest BCUT2D eigenvalue weighted by molar-refractivity contribution is 0.661. The highest BCUT2D eigenvalue weighted by molar-refractivity contribution is 7.19. The summed E-state index contributed by atoms with van der Waals surface area (Å²) in [5.74, 6) is 0.669. The molecule has 53 heavy (non-hydrogen) atoms. The van der Waals surface area contributed by atoms with Gasteiger partial charge in [-0.1, -0.05) is 172 Å². The molecule has 9 aromatic rings. The Morgan fingerprint density at radius 3 is 1.77 bits per heavy atom. The quantitative estimate of drug-likeness (QED) is 0.129. The molecule has 0 radical (unpaired) electrons. The fourth-order valence-electron chi connectivity index (χ4n) is 8.97. The Hall–Kier alpha value is -6.36. The van der Waals surface area contributed by atoms with Crippen molar-refractivity contribution in [2.45, 2.75) is 19.3 Å². The summed E-state index contributed by atoms with van der Waals surface area (Å²) < 4.78 is 2.25. The van der Waals surface area contributed by atoms with E-state index < -0.39 is 8.07 Å². The molecule has 0 N–H and O–H groups in total. The molecule has 0 saturated carbocycles. The zero-order valence-corrected chi connectivity index (χ0v) is 30.7. The summed E-state index contributed by atoms with van der Waals surface area (Å²) in [5, 5.41) is 7.78. The van der Waals surface area contributed by atoms with Gasteiger partial charge in [0.05, 0.1) is 16.7 Å². The molecule has 0 aliphatic heterocycles. The molecule has 2 heterocycles. The van der Waals surface area contributed by atoms with Crippen LogP contribution in [0.2, 0.25) is 0 Å². The van der Waals surface area contributed by atoms with Gasteiger partial charge in [0.2, 0.25) is 5.95 Å². The molecule has 0 unspecified atom stereocenters. The van der Waals surface area contributed by atoms with Gasteiger partial charge in [-0.05, 0) is 67.3 Å². The van der Waals surface area contributed by atoms with E-state index in [1.165, 1.54) is 53.8 Å². The van der Waals surface area contributed by atoms with E-state index in [0.717, 1.165) is 22.3 Å². The van der Waals surface area contributed by atoms with Gasteiger partial charge in [-0.3, -0.25) is 4.57 Å². The van der Waals surface area contributed by atoms with Gasteiger partial charge in [-0.2, -0.15) is 0 Å².